The van der Waals surface area contributed by atoms with Crippen LogP contribution in [0, 0.1) is 0 Å². The van der Waals surface area contributed by atoms with E-state index in [1.54, 1.807) is 55.6 Å². The van der Waals surface area contributed by atoms with Gasteiger partial charge < -0.3 is 14.8 Å². The van der Waals surface area contributed by atoms with E-state index in [4.69, 9.17) is 9.47 Å². The molecule has 3 aromatic carbocycles. The van der Waals surface area contributed by atoms with Crippen molar-refractivity contribution in [2.45, 2.75) is 11.4 Å². The molecule has 0 bridgehead atoms. The van der Waals surface area contributed by atoms with Crippen molar-refractivity contribution in [3.63, 3.8) is 0 Å². The van der Waals surface area contributed by atoms with Crippen LogP contribution in [0.3, 0.4) is 0 Å². The molecule has 0 spiro atoms. The number of para-hydroxylation sites is 3. The number of carbonyl (C=O) groups is 1. The van der Waals surface area contributed by atoms with Crippen molar-refractivity contribution in [2.24, 2.45) is 0 Å². The molecule has 1 N–H and O–H groups in total. The monoisotopic (exact) mass is 440 g/mol. The van der Waals surface area contributed by atoms with E-state index in [9.17, 15) is 13.2 Å². The number of carbonyl (C=O) groups excluding carboxylic acids is 1. The summed E-state index contributed by atoms with van der Waals surface area (Å²) in [6.45, 7) is -0.208. The molecule has 8 heteroatoms. The molecule has 1 amide bonds. The van der Waals surface area contributed by atoms with Gasteiger partial charge >= 0.3 is 0 Å². The number of rotatable bonds is 9. The smallest absolute Gasteiger partial charge is 0.264 e. The van der Waals surface area contributed by atoms with Gasteiger partial charge in [-0.3, -0.25) is 9.10 Å². The summed E-state index contributed by atoms with van der Waals surface area (Å²) in [5.41, 5.74) is 1.06. The SMILES string of the molecule is COc1ccccc1CNC(=O)CN(c1ccccc1OC)S(=O)(=O)c1ccccc1. The lowest BCUT2D eigenvalue weighted by Crippen LogP contribution is -2.40. The average molecular weight is 441 g/mol. The van der Waals surface area contributed by atoms with Crippen LogP contribution in [0.4, 0.5) is 5.69 Å². The Hall–Kier alpha value is -3.52. The van der Waals surface area contributed by atoms with Crippen LogP contribution in [0.1, 0.15) is 5.56 Å². The van der Waals surface area contributed by atoms with Gasteiger partial charge in [0.1, 0.15) is 18.0 Å². The molecule has 0 aliphatic heterocycles. The van der Waals surface area contributed by atoms with E-state index in [0.29, 0.717) is 11.5 Å². The molecule has 0 aliphatic rings. The Balaban J connectivity index is 1.89. The minimum absolute atomic E-state index is 0.0819. The largest absolute Gasteiger partial charge is 0.496 e. The summed E-state index contributed by atoms with van der Waals surface area (Å²) in [6, 6.07) is 22.0. The molecule has 3 rings (SSSR count). The summed E-state index contributed by atoms with van der Waals surface area (Å²) in [5, 5.41) is 2.77. The van der Waals surface area contributed by atoms with Crippen LogP contribution in [0.25, 0.3) is 0 Å². The van der Waals surface area contributed by atoms with E-state index in [1.807, 2.05) is 18.2 Å². The normalized spacial score (nSPS) is 10.9. The minimum Gasteiger partial charge on any atom is -0.496 e. The third-order valence-corrected chi connectivity index (χ3v) is 6.41. The number of ether oxygens (including phenoxy) is 2. The van der Waals surface area contributed by atoms with Gasteiger partial charge in [-0.15, -0.1) is 0 Å². The van der Waals surface area contributed by atoms with Crippen LogP contribution in [0.15, 0.2) is 83.8 Å². The molecule has 3 aromatic rings. The molecule has 0 atom stereocenters. The van der Waals surface area contributed by atoms with E-state index in [0.717, 1.165) is 9.87 Å². The second-order valence-corrected chi connectivity index (χ2v) is 8.45. The molecule has 0 radical (unpaired) electrons. The summed E-state index contributed by atoms with van der Waals surface area (Å²) in [6.07, 6.45) is 0. The van der Waals surface area contributed by atoms with Crippen LogP contribution < -0.4 is 19.1 Å². The third-order valence-electron chi connectivity index (χ3n) is 4.64. The molecular weight excluding hydrogens is 416 g/mol. The molecule has 0 fully saturated rings. The Labute approximate surface area is 182 Å². The fraction of sp³-hybridized carbons (Fsp3) is 0.174. The zero-order valence-corrected chi connectivity index (χ0v) is 18.1. The van der Waals surface area contributed by atoms with E-state index in [-0.39, 0.29) is 17.1 Å². The third kappa shape index (κ3) is 5.16. The Bertz CT molecular complexity index is 1130. The van der Waals surface area contributed by atoms with Crippen molar-refractivity contribution in [3.8, 4) is 11.5 Å². The number of anilines is 1. The van der Waals surface area contributed by atoms with Gasteiger partial charge in [-0.25, -0.2) is 8.42 Å². The zero-order valence-electron chi connectivity index (χ0n) is 17.3. The first kappa shape index (κ1) is 22.2. The Kier molecular flexibility index (Phi) is 7.15. The van der Waals surface area contributed by atoms with Crippen molar-refractivity contribution in [3.05, 3.63) is 84.4 Å². The average Bonchev–Trinajstić information content (AvgIpc) is 2.81. The highest BCUT2D eigenvalue weighted by molar-refractivity contribution is 7.92. The van der Waals surface area contributed by atoms with E-state index in [2.05, 4.69) is 5.32 Å². The molecule has 0 aromatic heterocycles. The quantitative estimate of drug-likeness (QED) is 0.552. The second kappa shape index (κ2) is 9.99. The molecule has 0 saturated carbocycles. The van der Waals surface area contributed by atoms with Crippen LogP contribution >= 0.6 is 0 Å². The maximum atomic E-state index is 13.4. The molecule has 31 heavy (non-hydrogen) atoms. The summed E-state index contributed by atoms with van der Waals surface area (Å²) in [4.78, 5) is 12.9. The lowest BCUT2D eigenvalue weighted by Gasteiger charge is -2.25. The Morgan fingerprint density at radius 2 is 1.42 bits per heavy atom. The van der Waals surface area contributed by atoms with Crippen molar-refractivity contribution in [1.29, 1.82) is 0 Å². The zero-order chi connectivity index (χ0) is 22.3. The second-order valence-electron chi connectivity index (χ2n) is 6.59. The van der Waals surface area contributed by atoms with Gasteiger partial charge in [0.15, 0.2) is 0 Å². The van der Waals surface area contributed by atoms with Crippen molar-refractivity contribution < 1.29 is 22.7 Å². The van der Waals surface area contributed by atoms with E-state index >= 15 is 0 Å². The number of amides is 1. The first-order chi connectivity index (χ1) is 15.0. The standard InChI is InChI=1S/C23H24N2O5S/c1-29-21-14-8-6-10-18(21)16-24-23(26)17-25(20-13-7-9-15-22(20)30-2)31(27,28)19-11-4-3-5-12-19/h3-15H,16-17H2,1-2H3,(H,24,26). The molecule has 0 unspecified atom stereocenters. The highest BCUT2D eigenvalue weighted by Gasteiger charge is 2.29. The summed E-state index contributed by atoms with van der Waals surface area (Å²) in [7, 11) is -1.01. The molecule has 0 saturated heterocycles. The fourth-order valence-corrected chi connectivity index (χ4v) is 4.54. The number of hydrogen-bond acceptors (Lipinski definition) is 5. The molecule has 0 aliphatic carbocycles. The van der Waals surface area contributed by atoms with Crippen LogP contribution in [-0.4, -0.2) is 35.1 Å². The highest BCUT2D eigenvalue weighted by atomic mass is 32.2. The highest BCUT2D eigenvalue weighted by Crippen LogP contribution is 2.32. The van der Waals surface area contributed by atoms with Crippen molar-refractivity contribution in [1.82, 2.24) is 5.32 Å². The van der Waals surface area contributed by atoms with Crippen LogP contribution in [0.5, 0.6) is 11.5 Å². The van der Waals surface area contributed by atoms with Gasteiger partial charge in [0.25, 0.3) is 10.0 Å². The number of benzene rings is 3. The molecule has 7 nitrogen and oxygen atoms in total. The van der Waals surface area contributed by atoms with Crippen molar-refractivity contribution >= 4 is 21.6 Å². The predicted molar refractivity (Wildman–Crippen MR) is 119 cm³/mol. The van der Waals surface area contributed by atoms with Crippen LogP contribution in [-0.2, 0) is 21.4 Å². The minimum atomic E-state index is -4.01. The van der Waals surface area contributed by atoms with Crippen LogP contribution in [0.2, 0.25) is 0 Å². The predicted octanol–water partition coefficient (Wildman–Crippen LogP) is 3.22. The summed E-state index contributed by atoms with van der Waals surface area (Å²) < 4.78 is 38.5. The number of nitrogens with one attached hydrogen (secondary N) is 1. The lowest BCUT2D eigenvalue weighted by molar-refractivity contribution is -0.119. The van der Waals surface area contributed by atoms with Gasteiger partial charge in [-0.1, -0.05) is 48.5 Å². The maximum absolute atomic E-state index is 13.4. The van der Waals surface area contributed by atoms with Gasteiger partial charge in [0, 0.05) is 12.1 Å². The van der Waals surface area contributed by atoms with Crippen molar-refractivity contribution in [2.75, 3.05) is 25.1 Å². The number of methoxy groups -OCH3 is 2. The van der Waals surface area contributed by atoms with Gasteiger partial charge in [0.2, 0.25) is 5.91 Å². The van der Waals surface area contributed by atoms with E-state index in [1.165, 1.54) is 19.2 Å². The number of sulfonamides is 1. The lowest BCUT2D eigenvalue weighted by atomic mass is 10.2. The molecule has 0 heterocycles. The molecular formula is C23H24N2O5S. The van der Waals surface area contributed by atoms with E-state index < -0.39 is 22.5 Å². The molecule has 162 valence electrons. The van der Waals surface area contributed by atoms with Gasteiger partial charge in [-0.05, 0) is 30.3 Å². The van der Waals surface area contributed by atoms with Gasteiger partial charge in [-0.2, -0.15) is 0 Å². The summed E-state index contributed by atoms with van der Waals surface area (Å²) in [5.74, 6) is 0.525. The topological polar surface area (TPSA) is 84.9 Å². The number of hydrogen-bond donors (Lipinski definition) is 1. The summed E-state index contributed by atoms with van der Waals surface area (Å²) >= 11 is 0. The maximum Gasteiger partial charge on any atom is 0.264 e. The number of nitrogens with zero attached hydrogens (tertiary/aromatic N) is 1. The van der Waals surface area contributed by atoms with Gasteiger partial charge in [0.05, 0.1) is 24.8 Å². The first-order valence-electron chi connectivity index (χ1n) is 9.56. The fourth-order valence-electron chi connectivity index (χ4n) is 3.08. The first-order valence-corrected chi connectivity index (χ1v) is 11.0. The Morgan fingerprint density at radius 1 is 0.839 bits per heavy atom. The Morgan fingerprint density at radius 3 is 2.10 bits per heavy atom.